The fraction of sp³-hybridized carbons (Fsp3) is 0.235. The number of nitrogens with zero attached hydrogens (tertiary/aromatic N) is 1. The van der Waals surface area contributed by atoms with Crippen LogP contribution in [0, 0.1) is 13.8 Å². The smallest absolute Gasteiger partial charge is 0.240 e. The summed E-state index contributed by atoms with van der Waals surface area (Å²) in [5.74, 6) is 0.00332. The van der Waals surface area contributed by atoms with E-state index in [2.05, 4.69) is 15.8 Å². The number of hydrogen-bond donors (Lipinski definition) is 2. The van der Waals surface area contributed by atoms with E-state index in [1.807, 2.05) is 32.0 Å². The number of aryl methyl sites for hydroxylation is 2. The largest absolute Gasteiger partial charge is 0.463 e. The highest BCUT2D eigenvalue weighted by molar-refractivity contribution is 5.94. The predicted molar refractivity (Wildman–Crippen MR) is 88.2 cm³/mol. The number of anilines is 1. The Labute approximate surface area is 134 Å². The molecule has 0 atom stereocenters. The second kappa shape index (κ2) is 7.93. The molecule has 2 rings (SSSR count). The Hall–Kier alpha value is -2.89. The van der Waals surface area contributed by atoms with Crippen molar-refractivity contribution in [2.45, 2.75) is 26.7 Å². The van der Waals surface area contributed by atoms with Gasteiger partial charge in [-0.3, -0.25) is 9.59 Å². The summed E-state index contributed by atoms with van der Waals surface area (Å²) in [7, 11) is 0. The van der Waals surface area contributed by atoms with E-state index in [4.69, 9.17) is 4.42 Å². The van der Waals surface area contributed by atoms with Gasteiger partial charge >= 0.3 is 0 Å². The first kappa shape index (κ1) is 16.5. The molecule has 0 aliphatic rings. The van der Waals surface area contributed by atoms with Crippen molar-refractivity contribution < 1.29 is 14.0 Å². The van der Waals surface area contributed by atoms with Gasteiger partial charge in [0.15, 0.2) is 0 Å². The van der Waals surface area contributed by atoms with Gasteiger partial charge in [0.25, 0.3) is 0 Å². The predicted octanol–water partition coefficient (Wildman–Crippen LogP) is 2.77. The topological polar surface area (TPSA) is 83.7 Å². The fourth-order valence-corrected chi connectivity index (χ4v) is 1.98. The van der Waals surface area contributed by atoms with Crippen LogP contribution < -0.4 is 10.7 Å². The summed E-state index contributed by atoms with van der Waals surface area (Å²) in [5.41, 5.74) is 5.24. The Morgan fingerprint density at radius 1 is 1.17 bits per heavy atom. The maximum Gasteiger partial charge on any atom is 0.240 e. The lowest BCUT2D eigenvalue weighted by atomic mass is 10.1. The highest BCUT2D eigenvalue weighted by Gasteiger charge is 2.08. The molecule has 23 heavy (non-hydrogen) atoms. The van der Waals surface area contributed by atoms with Crippen LogP contribution in [0.15, 0.2) is 46.1 Å². The average Bonchev–Trinajstić information content (AvgIpc) is 3.01. The van der Waals surface area contributed by atoms with Crippen molar-refractivity contribution >= 4 is 23.7 Å². The summed E-state index contributed by atoms with van der Waals surface area (Å²) < 4.78 is 5.03. The number of hydrogen-bond acceptors (Lipinski definition) is 4. The van der Waals surface area contributed by atoms with Crippen LogP contribution in [0.4, 0.5) is 5.69 Å². The van der Waals surface area contributed by atoms with Gasteiger partial charge in [0, 0.05) is 18.5 Å². The monoisotopic (exact) mass is 313 g/mol. The van der Waals surface area contributed by atoms with E-state index in [-0.39, 0.29) is 24.7 Å². The summed E-state index contributed by atoms with van der Waals surface area (Å²) >= 11 is 0. The maximum absolute atomic E-state index is 11.9. The minimum Gasteiger partial charge on any atom is -0.463 e. The van der Waals surface area contributed by atoms with Crippen LogP contribution in [0.5, 0.6) is 0 Å². The van der Waals surface area contributed by atoms with E-state index in [9.17, 15) is 9.59 Å². The summed E-state index contributed by atoms with van der Waals surface area (Å²) in [6.45, 7) is 3.92. The lowest BCUT2D eigenvalue weighted by Crippen LogP contribution is -2.20. The van der Waals surface area contributed by atoms with Crippen LogP contribution in [-0.4, -0.2) is 18.0 Å². The van der Waals surface area contributed by atoms with Gasteiger partial charge in [0.1, 0.15) is 5.76 Å². The van der Waals surface area contributed by atoms with Crippen molar-refractivity contribution in [1.82, 2.24) is 5.43 Å². The molecule has 1 heterocycles. The average molecular weight is 313 g/mol. The fourth-order valence-electron chi connectivity index (χ4n) is 1.98. The molecule has 0 aliphatic heterocycles. The zero-order valence-corrected chi connectivity index (χ0v) is 13.1. The van der Waals surface area contributed by atoms with Gasteiger partial charge in [0.05, 0.1) is 12.5 Å². The summed E-state index contributed by atoms with van der Waals surface area (Å²) in [5, 5.41) is 6.55. The van der Waals surface area contributed by atoms with E-state index in [0.717, 1.165) is 16.8 Å². The second-order valence-corrected chi connectivity index (χ2v) is 5.18. The van der Waals surface area contributed by atoms with Crippen LogP contribution in [0.25, 0.3) is 0 Å². The lowest BCUT2D eigenvalue weighted by molar-refractivity contribution is -0.124. The molecule has 2 N–H and O–H groups in total. The number of amides is 2. The third-order valence-electron chi connectivity index (χ3n) is 3.16. The highest BCUT2D eigenvalue weighted by atomic mass is 16.3. The molecule has 2 amide bonds. The second-order valence-electron chi connectivity index (χ2n) is 5.18. The highest BCUT2D eigenvalue weighted by Crippen LogP contribution is 2.16. The molecular weight excluding hydrogens is 294 g/mol. The number of hydrazone groups is 1. The first-order valence-electron chi connectivity index (χ1n) is 7.27. The lowest BCUT2D eigenvalue weighted by Gasteiger charge is -2.08. The van der Waals surface area contributed by atoms with E-state index < -0.39 is 0 Å². The molecule has 0 aliphatic carbocycles. The summed E-state index contributed by atoms with van der Waals surface area (Å²) in [6.07, 6.45) is 3.07. The normalized spacial score (nSPS) is 10.7. The van der Waals surface area contributed by atoms with Crippen molar-refractivity contribution in [3.05, 3.63) is 53.5 Å². The standard InChI is InChI=1S/C17H19N3O3/c1-12-5-6-15(13(2)10-12)19-16(21)7-8-17(22)20-18-11-14-4-3-9-23-14/h3-6,9-11H,7-8H2,1-2H3,(H,19,21)(H,20,22)/b18-11-. The van der Waals surface area contributed by atoms with Gasteiger partial charge < -0.3 is 9.73 Å². The molecule has 0 saturated carbocycles. The Balaban J connectivity index is 1.74. The van der Waals surface area contributed by atoms with E-state index in [1.54, 1.807) is 12.1 Å². The number of carbonyl (C=O) groups excluding carboxylic acids is 2. The molecule has 0 fully saturated rings. The maximum atomic E-state index is 11.9. The summed E-state index contributed by atoms with van der Waals surface area (Å²) in [4.78, 5) is 23.5. The molecule has 0 bridgehead atoms. The van der Waals surface area contributed by atoms with E-state index in [1.165, 1.54) is 12.5 Å². The zero-order valence-electron chi connectivity index (χ0n) is 13.1. The van der Waals surface area contributed by atoms with Crippen molar-refractivity contribution in [3.8, 4) is 0 Å². The third kappa shape index (κ3) is 5.43. The number of furan rings is 1. The van der Waals surface area contributed by atoms with Gasteiger partial charge in [-0.2, -0.15) is 5.10 Å². The molecule has 0 saturated heterocycles. The van der Waals surface area contributed by atoms with Gasteiger partial charge in [0.2, 0.25) is 11.8 Å². The molecule has 120 valence electrons. The van der Waals surface area contributed by atoms with Crippen molar-refractivity contribution in [2.24, 2.45) is 5.10 Å². The molecule has 2 aromatic rings. The first-order valence-corrected chi connectivity index (χ1v) is 7.27. The molecule has 6 heteroatoms. The van der Waals surface area contributed by atoms with Crippen LogP contribution in [-0.2, 0) is 9.59 Å². The van der Waals surface area contributed by atoms with Crippen molar-refractivity contribution in [1.29, 1.82) is 0 Å². The van der Waals surface area contributed by atoms with E-state index >= 15 is 0 Å². The molecule has 0 unspecified atom stereocenters. The van der Waals surface area contributed by atoms with Crippen LogP contribution >= 0.6 is 0 Å². The zero-order chi connectivity index (χ0) is 16.7. The first-order chi connectivity index (χ1) is 11.0. The van der Waals surface area contributed by atoms with Gasteiger partial charge in [-0.05, 0) is 37.6 Å². The summed E-state index contributed by atoms with van der Waals surface area (Å²) in [6, 6.07) is 9.22. The molecule has 1 aromatic carbocycles. The SMILES string of the molecule is Cc1ccc(NC(=O)CCC(=O)N/N=C\c2ccco2)c(C)c1. The molecule has 1 aromatic heterocycles. The number of rotatable bonds is 6. The third-order valence-corrected chi connectivity index (χ3v) is 3.16. The van der Waals surface area contributed by atoms with Gasteiger partial charge in [-0.25, -0.2) is 5.43 Å². The number of carbonyl (C=O) groups is 2. The van der Waals surface area contributed by atoms with E-state index in [0.29, 0.717) is 5.76 Å². The van der Waals surface area contributed by atoms with Crippen molar-refractivity contribution in [2.75, 3.05) is 5.32 Å². The molecule has 6 nitrogen and oxygen atoms in total. The van der Waals surface area contributed by atoms with Gasteiger partial charge in [-0.1, -0.05) is 17.7 Å². The Kier molecular flexibility index (Phi) is 5.68. The minimum absolute atomic E-state index is 0.0617. The van der Waals surface area contributed by atoms with Crippen LogP contribution in [0.1, 0.15) is 29.7 Å². The Morgan fingerprint density at radius 2 is 1.96 bits per heavy atom. The van der Waals surface area contributed by atoms with Gasteiger partial charge in [-0.15, -0.1) is 0 Å². The Bertz CT molecular complexity index is 706. The minimum atomic E-state index is -0.330. The van der Waals surface area contributed by atoms with Crippen LogP contribution in [0.3, 0.4) is 0 Å². The quantitative estimate of drug-likeness (QED) is 0.635. The molecule has 0 radical (unpaired) electrons. The molecule has 0 spiro atoms. The molecular formula is C17H19N3O3. The van der Waals surface area contributed by atoms with Crippen LogP contribution in [0.2, 0.25) is 0 Å². The number of nitrogens with one attached hydrogen (secondary N) is 2. The Morgan fingerprint density at radius 3 is 2.65 bits per heavy atom. The number of benzene rings is 1. The van der Waals surface area contributed by atoms with Crippen molar-refractivity contribution in [3.63, 3.8) is 0 Å².